The summed E-state index contributed by atoms with van der Waals surface area (Å²) in [5.74, 6) is 0.987. The first-order valence-electron chi connectivity index (χ1n) is 8.83. The fourth-order valence-corrected chi connectivity index (χ4v) is 2.68. The topological polar surface area (TPSA) is 68.8 Å². The number of hydrogen-bond acceptors (Lipinski definition) is 4. The van der Waals surface area contributed by atoms with Crippen LogP contribution in [0.25, 0.3) is 0 Å². The molecule has 2 rings (SSSR count). The first-order chi connectivity index (χ1) is 13.7. The zero-order valence-corrected chi connectivity index (χ0v) is 16.3. The quantitative estimate of drug-likeness (QED) is 0.682. The minimum absolute atomic E-state index is 0.284. The van der Waals surface area contributed by atoms with E-state index in [1.807, 2.05) is 6.92 Å². The Labute approximate surface area is 167 Å². The molecule has 29 heavy (non-hydrogen) atoms. The normalized spacial score (nSPS) is 12.1. The second-order valence-electron chi connectivity index (χ2n) is 6.17. The molecule has 0 radical (unpaired) electrons. The molecule has 6 nitrogen and oxygen atoms in total. The SMILES string of the molecule is COc1ccc(OC)c(C(C)NC(=O)NCCc2ccc(OC(F)(F)F)cc2)c1. The van der Waals surface area contributed by atoms with Gasteiger partial charge in [0, 0.05) is 12.1 Å². The minimum atomic E-state index is -4.72. The number of carbonyl (C=O) groups excluding carboxylic acids is 1. The molecule has 0 spiro atoms. The number of alkyl halides is 3. The second-order valence-corrected chi connectivity index (χ2v) is 6.17. The van der Waals surface area contributed by atoms with Crippen LogP contribution in [-0.2, 0) is 6.42 Å². The standard InChI is InChI=1S/C20H23F3N2O4/c1-13(17-12-16(27-2)8-9-18(17)28-3)25-19(26)24-11-10-14-4-6-15(7-5-14)29-20(21,22)23/h4-9,12-13H,10-11H2,1-3H3,(H2,24,25,26). The van der Waals surface area contributed by atoms with Crippen molar-refractivity contribution in [1.29, 1.82) is 0 Å². The van der Waals surface area contributed by atoms with Crippen molar-refractivity contribution < 1.29 is 32.2 Å². The third-order valence-electron chi connectivity index (χ3n) is 4.11. The molecule has 158 valence electrons. The van der Waals surface area contributed by atoms with E-state index in [0.29, 0.717) is 24.5 Å². The number of urea groups is 1. The van der Waals surface area contributed by atoms with Crippen molar-refractivity contribution in [3.8, 4) is 17.2 Å². The third kappa shape index (κ3) is 7.10. The van der Waals surface area contributed by atoms with E-state index in [2.05, 4.69) is 15.4 Å². The number of amides is 2. The summed E-state index contributed by atoms with van der Waals surface area (Å²) in [6, 6.07) is 10.1. The maximum absolute atomic E-state index is 12.2. The maximum atomic E-state index is 12.2. The smallest absolute Gasteiger partial charge is 0.497 e. The van der Waals surface area contributed by atoms with Gasteiger partial charge in [0.15, 0.2) is 0 Å². The first-order valence-corrected chi connectivity index (χ1v) is 8.83. The predicted molar refractivity (Wildman–Crippen MR) is 101 cm³/mol. The Hall–Kier alpha value is -3.10. The van der Waals surface area contributed by atoms with Gasteiger partial charge in [0.05, 0.1) is 20.3 Å². The molecule has 1 unspecified atom stereocenters. The van der Waals surface area contributed by atoms with Crippen LogP contribution in [0.15, 0.2) is 42.5 Å². The minimum Gasteiger partial charge on any atom is -0.497 e. The number of methoxy groups -OCH3 is 2. The van der Waals surface area contributed by atoms with Crippen molar-refractivity contribution in [2.24, 2.45) is 0 Å². The molecular formula is C20H23F3N2O4. The van der Waals surface area contributed by atoms with Gasteiger partial charge in [-0.3, -0.25) is 0 Å². The van der Waals surface area contributed by atoms with Gasteiger partial charge in [-0.25, -0.2) is 4.79 Å². The number of halogens is 3. The lowest BCUT2D eigenvalue weighted by Crippen LogP contribution is -2.38. The number of hydrogen-bond donors (Lipinski definition) is 2. The highest BCUT2D eigenvalue weighted by Crippen LogP contribution is 2.29. The highest BCUT2D eigenvalue weighted by molar-refractivity contribution is 5.74. The van der Waals surface area contributed by atoms with E-state index in [-0.39, 0.29) is 17.8 Å². The average Bonchev–Trinajstić information content (AvgIpc) is 2.67. The molecule has 1 atom stereocenters. The zero-order valence-electron chi connectivity index (χ0n) is 16.3. The molecule has 0 fully saturated rings. The molecule has 0 bridgehead atoms. The zero-order chi connectivity index (χ0) is 21.4. The summed E-state index contributed by atoms with van der Waals surface area (Å²) in [5.41, 5.74) is 1.53. The number of rotatable bonds is 8. The van der Waals surface area contributed by atoms with E-state index >= 15 is 0 Å². The summed E-state index contributed by atoms with van der Waals surface area (Å²) < 4.78 is 50.8. The van der Waals surface area contributed by atoms with Gasteiger partial charge in [-0.15, -0.1) is 13.2 Å². The Kier molecular flexibility index (Phi) is 7.58. The Morgan fingerprint density at radius 2 is 1.69 bits per heavy atom. The van der Waals surface area contributed by atoms with Crippen LogP contribution in [0.3, 0.4) is 0 Å². The molecule has 0 aliphatic heterocycles. The fourth-order valence-electron chi connectivity index (χ4n) is 2.68. The summed E-state index contributed by atoms with van der Waals surface area (Å²) >= 11 is 0. The Morgan fingerprint density at radius 3 is 2.28 bits per heavy atom. The molecule has 0 aliphatic rings. The van der Waals surface area contributed by atoms with Crippen LogP contribution in [0.2, 0.25) is 0 Å². The van der Waals surface area contributed by atoms with E-state index in [0.717, 1.165) is 11.1 Å². The van der Waals surface area contributed by atoms with Crippen molar-refractivity contribution in [3.05, 3.63) is 53.6 Å². The maximum Gasteiger partial charge on any atom is 0.573 e. The van der Waals surface area contributed by atoms with Crippen molar-refractivity contribution in [1.82, 2.24) is 10.6 Å². The number of ether oxygens (including phenoxy) is 3. The van der Waals surface area contributed by atoms with Gasteiger partial charge in [-0.1, -0.05) is 12.1 Å². The van der Waals surface area contributed by atoms with Crippen LogP contribution in [-0.4, -0.2) is 33.2 Å². The van der Waals surface area contributed by atoms with E-state index < -0.39 is 6.36 Å². The van der Waals surface area contributed by atoms with Crippen LogP contribution in [0.1, 0.15) is 24.1 Å². The van der Waals surface area contributed by atoms with E-state index in [1.165, 1.54) is 24.3 Å². The molecule has 0 aliphatic carbocycles. The van der Waals surface area contributed by atoms with Gasteiger partial charge in [-0.05, 0) is 49.2 Å². The van der Waals surface area contributed by atoms with Gasteiger partial charge in [0.1, 0.15) is 17.2 Å². The summed E-state index contributed by atoms with van der Waals surface area (Å²) in [7, 11) is 3.10. The van der Waals surface area contributed by atoms with Crippen LogP contribution in [0, 0.1) is 0 Å². The van der Waals surface area contributed by atoms with Gasteiger partial charge in [0.2, 0.25) is 0 Å². The lowest BCUT2D eigenvalue weighted by molar-refractivity contribution is -0.274. The molecule has 2 aromatic rings. The molecule has 2 aromatic carbocycles. The predicted octanol–water partition coefficient (Wildman–Crippen LogP) is 4.21. The lowest BCUT2D eigenvalue weighted by Gasteiger charge is -2.18. The fraction of sp³-hybridized carbons (Fsp3) is 0.350. The van der Waals surface area contributed by atoms with Crippen LogP contribution >= 0.6 is 0 Å². The molecule has 9 heteroatoms. The summed E-state index contributed by atoms with van der Waals surface area (Å²) in [5, 5.41) is 5.53. The van der Waals surface area contributed by atoms with Crippen LogP contribution < -0.4 is 24.8 Å². The highest BCUT2D eigenvalue weighted by atomic mass is 19.4. The molecular weight excluding hydrogens is 389 g/mol. The molecule has 0 heterocycles. The monoisotopic (exact) mass is 412 g/mol. The largest absolute Gasteiger partial charge is 0.573 e. The Bertz CT molecular complexity index is 810. The van der Waals surface area contributed by atoms with E-state index in [1.54, 1.807) is 32.4 Å². The van der Waals surface area contributed by atoms with Gasteiger partial charge >= 0.3 is 12.4 Å². The average molecular weight is 412 g/mol. The van der Waals surface area contributed by atoms with E-state index in [9.17, 15) is 18.0 Å². The Morgan fingerprint density at radius 1 is 1.03 bits per heavy atom. The molecule has 2 amide bonds. The van der Waals surface area contributed by atoms with Gasteiger partial charge < -0.3 is 24.8 Å². The van der Waals surface area contributed by atoms with Gasteiger partial charge in [0.25, 0.3) is 0 Å². The number of carbonyl (C=O) groups is 1. The van der Waals surface area contributed by atoms with Gasteiger partial charge in [-0.2, -0.15) is 0 Å². The van der Waals surface area contributed by atoms with Crippen LogP contribution in [0.5, 0.6) is 17.2 Å². The molecule has 0 saturated carbocycles. The Balaban J connectivity index is 1.84. The summed E-state index contributed by atoms with van der Waals surface area (Å²) in [6.07, 6.45) is -4.26. The van der Waals surface area contributed by atoms with E-state index in [4.69, 9.17) is 9.47 Å². The first kappa shape index (κ1) is 22.2. The number of benzene rings is 2. The second kappa shape index (κ2) is 9.90. The van der Waals surface area contributed by atoms with Crippen LogP contribution in [0.4, 0.5) is 18.0 Å². The summed E-state index contributed by atoms with van der Waals surface area (Å²) in [6.45, 7) is 2.13. The lowest BCUT2D eigenvalue weighted by atomic mass is 10.1. The molecule has 2 N–H and O–H groups in total. The highest BCUT2D eigenvalue weighted by Gasteiger charge is 2.30. The van der Waals surface area contributed by atoms with Crippen molar-refractivity contribution >= 4 is 6.03 Å². The molecule has 0 saturated heterocycles. The molecule has 0 aromatic heterocycles. The van der Waals surface area contributed by atoms with Crippen molar-refractivity contribution in [2.75, 3.05) is 20.8 Å². The number of nitrogens with one attached hydrogen (secondary N) is 2. The third-order valence-corrected chi connectivity index (χ3v) is 4.11. The van der Waals surface area contributed by atoms with Crippen molar-refractivity contribution in [3.63, 3.8) is 0 Å². The summed E-state index contributed by atoms with van der Waals surface area (Å²) in [4.78, 5) is 12.1. The van der Waals surface area contributed by atoms with Crippen molar-refractivity contribution in [2.45, 2.75) is 25.7 Å².